The van der Waals surface area contributed by atoms with Gasteiger partial charge in [-0.05, 0) is 54.3 Å². The summed E-state index contributed by atoms with van der Waals surface area (Å²) in [7, 11) is 0. The number of rotatable bonds is 5. The molecule has 1 aromatic carbocycles. The van der Waals surface area contributed by atoms with Crippen LogP contribution in [0.2, 0.25) is 0 Å². The molecule has 20 heavy (non-hydrogen) atoms. The van der Waals surface area contributed by atoms with E-state index in [4.69, 9.17) is 0 Å². The van der Waals surface area contributed by atoms with Crippen molar-refractivity contribution in [2.75, 3.05) is 5.32 Å². The topological polar surface area (TPSA) is 55.6 Å². The molecule has 1 atom stereocenters. The average Bonchev–Trinajstić information content (AvgIpc) is 2.90. The first kappa shape index (κ1) is 13.1. The van der Waals surface area contributed by atoms with Gasteiger partial charge in [0.2, 0.25) is 0 Å². The van der Waals surface area contributed by atoms with Gasteiger partial charge in [-0.1, -0.05) is 25.3 Å². The van der Waals surface area contributed by atoms with Crippen molar-refractivity contribution in [1.82, 2.24) is 20.2 Å². The van der Waals surface area contributed by atoms with E-state index in [1.54, 1.807) is 11.0 Å². The van der Waals surface area contributed by atoms with Crippen molar-refractivity contribution >= 4 is 5.69 Å². The van der Waals surface area contributed by atoms with E-state index in [1.807, 2.05) is 6.07 Å². The number of nitrogens with zero attached hydrogens (tertiary/aromatic N) is 4. The predicted molar refractivity (Wildman–Crippen MR) is 78.9 cm³/mol. The molecule has 1 fully saturated rings. The smallest absolute Gasteiger partial charge is 0.143 e. The summed E-state index contributed by atoms with van der Waals surface area (Å²) in [5.74, 6) is 0.917. The Labute approximate surface area is 119 Å². The van der Waals surface area contributed by atoms with Gasteiger partial charge in [0.25, 0.3) is 0 Å². The van der Waals surface area contributed by atoms with Gasteiger partial charge >= 0.3 is 0 Å². The zero-order valence-corrected chi connectivity index (χ0v) is 12.1. The summed E-state index contributed by atoms with van der Waals surface area (Å²) < 4.78 is 1.68. The first-order valence-electron chi connectivity index (χ1n) is 7.33. The molecule has 1 aliphatic carbocycles. The van der Waals surface area contributed by atoms with Crippen LogP contribution in [0.5, 0.6) is 0 Å². The van der Waals surface area contributed by atoms with Gasteiger partial charge in [0.05, 0.1) is 5.69 Å². The first-order valence-corrected chi connectivity index (χ1v) is 7.33. The lowest BCUT2D eigenvalue weighted by Crippen LogP contribution is -2.23. The van der Waals surface area contributed by atoms with Crippen LogP contribution in [0.4, 0.5) is 5.69 Å². The van der Waals surface area contributed by atoms with E-state index in [0.29, 0.717) is 6.04 Å². The zero-order chi connectivity index (χ0) is 13.9. The highest BCUT2D eigenvalue weighted by Gasteiger charge is 2.20. The quantitative estimate of drug-likeness (QED) is 0.908. The van der Waals surface area contributed by atoms with E-state index in [0.717, 1.165) is 11.6 Å². The van der Waals surface area contributed by atoms with Crippen molar-refractivity contribution in [2.45, 2.75) is 45.6 Å². The molecule has 0 radical (unpaired) electrons. The minimum atomic E-state index is 0.503. The minimum absolute atomic E-state index is 0.503. The van der Waals surface area contributed by atoms with Crippen LogP contribution in [0.15, 0.2) is 24.5 Å². The molecule has 1 N–H and O–H groups in total. The number of hydrogen-bond donors (Lipinski definition) is 1. The van der Waals surface area contributed by atoms with Crippen LogP contribution >= 0.6 is 0 Å². The maximum absolute atomic E-state index is 3.93. The third-order valence-electron chi connectivity index (χ3n) is 4.15. The Morgan fingerprint density at radius 1 is 1.40 bits per heavy atom. The van der Waals surface area contributed by atoms with Crippen LogP contribution in [-0.2, 0) is 0 Å². The first-order chi connectivity index (χ1) is 9.72. The Kier molecular flexibility index (Phi) is 3.67. The Hall–Kier alpha value is -1.91. The van der Waals surface area contributed by atoms with Crippen LogP contribution in [0, 0.1) is 12.8 Å². The number of benzene rings is 1. The maximum atomic E-state index is 3.93. The highest BCUT2D eigenvalue weighted by atomic mass is 15.5. The molecule has 0 bridgehead atoms. The third-order valence-corrected chi connectivity index (χ3v) is 4.15. The van der Waals surface area contributed by atoms with E-state index >= 15 is 0 Å². The van der Waals surface area contributed by atoms with Crippen LogP contribution in [0.1, 0.15) is 38.2 Å². The SMILES string of the molecule is Cc1ccc(-n2cnnn2)cc1NC(C)CC1CCC1. The number of aryl methyl sites for hydroxylation is 1. The lowest BCUT2D eigenvalue weighted by atomic mass is 9.81. The van der Waals surface area contributed by atoms with E-state index < -0.39 is 0 Å². The van der Waals surface area contributed by atoms with Gasteiger partial charge in [0, 0.05) is 11.7 Å². The standard InChI is InChI=1S/C15H21N5/c1-11-6-7-14(20-10-16-18-19-20)9-15(11)17-12(2)8-13-4-3-5-13/h6-7,9-10,12-13,17H,3-5,8H2,1-2H3. The third kappa shape index (κ3) is 2.81. The molecule has 2 aromatic rings. The summed E-state index contributed by atoms with van der Waals surface area (Å²) in [5, 5.41) is 14.9. The number of hydrogen-bond acceptors (Lipinski definition) is 4. The molecule has 0 aliphatic heterocycles. The van der Waals surface area contributed by atoms with E-state index in [9.17, 15) is 0 Å². The van der Waals surface area contributed by atoms with E-state index in [1.165, 1.54) is 36.9 Å². The lowest BCUT2D eigenvalue weighted by Gasteiger charge is -2.29. The molecular weight excluding hydrogens is 250 g/mol. The number of nitrogens with one attached hydrogen (secondary N) is 1. The summed E-state index contributed by atoms with van der Waals surface area (Å²) >= 11 is 0. The molecule has 106 valence electrons. The van der Waals surface area contributed by atoms with Gasteiger partial charge in [0.15, 0.2) is 0 Å². The summed E-state index contributed by atoms with van der Waals surface area (Å²) in [4.78, 5) is 0. The molecule has 5 heteroatoms. The van der Waals surface area contributed by atoms with Gasteiger partial charge in [-0.15, -0.1) is 5.10 Å². The number of tetrazole rings is 1. The fourth-order valence-electron chi connectivity index (χ4n) is 2.74. The molecule has 3 rings (SSSR count). The Morgan fingerprint density at radius 3 is 2.90 bits per heavy atom. The molecule has 1 heterocycles. The highest BCUT2D eigenvalue weighted by Crippen LogP contribution is 2.31. The maximum Gasteiger partial charge on any atom is 0.143 e. The van der Waals surface area contributed by atoms with Crippen LogP contribution in [0.25, 0.3) is 5.69 Å². The molecule has 5 nitrogen and oxygen atoms in total. The molecule has 1 saturated carbocycles. The Balaban J connectivity index is 1.72. The second-order valence-corrected chi connectivity index (χ2v) is 5.83. The number of aromatic nitrogens is 4. The van der Waals surface area contributed by atoms with Crippen molar-refractivity contribution < 1.29 is 0 Å². The Bertz CT molecular complexity index is 560. The second kappa shape index (κ2) is 5.61. The van der Waals surface area contributed by atoms with Crippen LogP contribution in [-0.4, -0.2) is 26.2 Å². The summed E-state index contributed by atoms with van der Waals surface area (Å²) in [6.07, 6.45) is 7.08. The minimum Gasteiger partial charge on any atom is -0.382 e. The summed E-state index contributed by atoms with van der Waals surface area (Å²) in [6, 6.07) is 6.76. The summed E-state index contributed by atoms with van der Waals surface area (Å²) in [5.41, 5.74) is 3.41. The highest BCUT2D eigenvalue weighted by molar-refractivity contribution is 5.56. The Morgan fingerprint density at radius 2 is 2.25 bits per heavy atom. The van der Waals surface area contributed by atoms with Crippen molar-refractivity contribution in [3.05, 3.63) is 30.1 Å². The number of anilines is 1. The molecule has 0 spiro atoms. The van der Waals surface area contributed by atoms with Crippen molar-refractivity contribution in [3.63, 3.8) is 0 Å². The van der Waals surface area contributed by atoms with Crippen LogP contribution < -0.4 is 5.32 Å². The van der Waals surface area contributed by atoms with Crippen LogP contribution in [0.3, 0.4) is 0 Å². The van der Waals surface area contributed by atoms with E-state index in [2.05, 4.69) is 46.8 Å². The van der Waals surface area contributed by atoms with Crippen molar-refractivity contribution in [3.8, 4) is 5.69 Å². The molecule has 0 amide bonds. The average molecular weight is 271 g/mol. The van der Waals surface area contributed by atoms with Gasteiger partial charge in [0.1, 0.15) is 6.33 Å². The van der Waals surface area contributed by atoms with Gasteiger partial charge in [-0.2, -0.15) is 0 Å². The summed E-state index contributed by atoms with van der Waals surface area (Å²) in [6.45, 7) is 4.39. The van der Waals surface area contributed by atoms with Gasteiger partial charge in [-0.3, -0.25) is 0 Å². The zero-order valence-electron chi connectivity index (χ0n) is 12.1. The van der Waals surface area contributed by atoms with Gasteiger partial charge in [-0.25, -0.2) is 4.68 Å². The molecule has 1 aromatic heterocycles. The largest absolute Gasteiger partial charge is 0.382 e. The lowest BCUT2D eigenvalue weighted by molar-refractivity contribution is 0.286. The van der Waals surface area contributed by atoms with Crippen molar-refractivity contribution in [1.29, 1.82) is 0 Å². The molecular formula is C15H21N5. The predicted octanol–water partition coefficient (Wildman–Crippen LogP) is 2.96. The molecule has 1 aliphatic rings. The normalized spacial score (nSPS) is 16.7. The monoisotopic (exact) mass is 271 g/mol. The van der Waals surface area contributed by atoms with E-state index in [-0.39, 0.29) is 0 Å². The van der Waals surface area contributed by atoms with Crippen molar-refractivity contribution in [2.24, 2.45) is 5.92 Å². The fraction of sp³-hybridized carbons (Fsp3) is 0.533. The fourth-order valence-corrected chi connectivity index (χ4v) is 2.74. The molecule has 1 unspecified atom stereocenters. The van der Waals surface area contributed by atoms with Gasteiger partial charge < -0.3 is 5.32 Å². The second-order valence-electron chi connectivity index (χ2n) is 5.83. The molecule has 0 saturated heterocycles.